The van der Waals surface area contributed by atoms with Gasteiger partial charge in [0.15, 0.2) is 6.61 Å². The molecule has 3 aliphatic rings. The molecule has 7 rings (SSSR count). The Labute approximate surface area is 248 Å². The first-order valence-corrected chi connectivity index (χ1v) is 14.1. The predicted octanol–water partition coefficient (Wildman–Crippen LogP) is 3.07. The van der Waals surface area contributed by atoms with E-state index in [0.717, 1.165) is 11.1 Å². The summed E-state index contributed by atoms with van der Waals surface area (Å²) in [6.45, 7) is 2.73. The molecule has 3 amide bonds. The smallest absolute Gasteiger partial charge is 0.258 e. The number of rotatable bonds is 2. The number of carbonyl (C=O) groups excluding carboxylic acids is 3. The molecule has 0 unspecified atom stereocenters. The highest BCUT2D eigenvalue weighted by Gasteiger charge is 2.34. The average Bonchev–Trinajstić information content (AvgIpc) is 3.44. The van der Waals surface area contributed by atoms with Crippen LogP contribution < -0.4 is 20.1 Å². The molecule has 1 fully saturated rings. The third-order valence-corrected chi connectivity index (χ3v) is 7.46. The van der Waals surface area contributed by atoms with Gasteiger partial charge in [-0.2, -0.15) is 0 Å². The number of carbonyl (C=O) groups is 3. The van der Waals surface area contributed by atoms with Crippen molar-refractivity contribution in [3.8, 4) is 22.6 Å². The van der Waals surface area contributed by atoms with Crippen LogP contribution in [0, 0.1) is 6.92 Å². The first kappa shape index (κ1) is 28.0. The van der Waals surface area contributed by atoms with E-state index in [9.17, 15) is 14.4 Å². The number of hydrogen-bond acceptors (Lipinski definition) is 8. The Morgan fingerprint density at radius 3 is 2.65 bits per heavy atom. The predicted molar refractivity (Wildman–Crippen MR) is 155 cm³/mol. The molecule has 3 aliphatic heterocycles. The summed E-state index contributed by atoms with van der Waals surface area (Å²) in [4.78, 5) is 45.2. The van der Waals surface area contributed by atoms with Crippen LogP contribution in [0.25, 0.3) is 11.1 Å². The molecule has 0 spiro atoms. The quantitative estimate of drug-likeness (QED) is 0.369. The number of likely N-dealkylation sites (tertiary alicyclic amines) is 1. The van der Waals surface area contributed by atoms with Crippen LogP contribution in [-0.4, -0.2) is 64.6 Å². The highest BCUT2D eigenvalue weighted by atomic mass is 16.5. The fourth-order valence-electron chi connectivity index (χ4n) is 5.20. The summed E-state index contributed by atoms with van der Waals surface area (Å²) in [7, 11) is 0. The van der Waals surface area contributed by atoms with E-state index in [4.69, 9.17) is 14.0 Å². The molecule has 220 valence electrons. The molecule has 2 aromatic carbocycles. The molecule has 11 heteroatoms. The maximum atomic E-state index is 13.6. The van der Waals surface area contributed by atoms with Gasteiger partial charge in [-0.3, -0.25) is 19.4 Å². The Hall–Kier alpha value is -5.19. The van der Waals surface area contributed by atoms with E-state index in [1.807, 2.05) is 36.4 Å². The van der Waals surface area contributed by atoms with Gasteiger partial charge in [-0.1, -0.05) is 29.4 Å². The minimum atomic E-state index is -0.494. The van der Waals surface area contributed by atoms with Crippen LogP contribution in [0.4, 0.5) is 0 Å². The number of aromatic nitrogens is 2. The fraction of sp³-hybridized carbons (Fsp3) is 0.281. The number of pyridine rings is 1. The van der Waals surface area contributed by atoms with Crippen molar-refractivity contribution in [2.45, 2.75) is 38.5 Å². The van der Waals surface area contributed by atoms with Gasteiger partial charge in [0.2, 0.25) is 5.91 Å². The molecule has 2 aromatic heterocycles. The molecule has 0 aliphatic carbocycles. The number of fused-ring (bicyclic) bond motifs is 7. The first-order valence-electron chi connectivity index (χ1n) is 14.1. The van der Waals surface area contributed by atoms with Gasteiger partial charge in [-0.05, 0) is 48.4 Å². The molecule has 43 heavy (non-hydrogen) atoms. The summed E-state index contributed by atoms with van der Waals surface area (Å²) in [6.07, 6.45) is 3.37. The summed E-state index contributed by atoms with van der Waals surface area (Å²) >= 11 is 0. The van der Waals surface area contributed by atoms with Gasteiger partial charge in [0, 0.05) is 50.1 Å². The molecule has 0 radical (unpaired) electrons. The van der Waals surface area contributed by atoms with Crippen molar-refractivity contribution in [2.24, 2.45) is 0 Å². The maximum Gasteiger partial charge on any atom is 0.258 e. The molecule has 4 aromatic rings. The molecule has 6 bridgehead atoms. The third kappa shape index (κ3) is 6.83. The van der Waals surface area contributed by atoms with Crippen LogP contribution in [0.3, 0.4) is 0 Å². The van der Waals surface area contributed by atoms with Gasteiger partial charge >= 0.3 is 0 Å². The van der Waals surface area contributed by atoms with Crippen LogP contribution in [-0.2, 0) is 22.6 Å². The Bertz CT molecular complexity index is 1640. The summed E-state index contributed by atoms with van der Waals surface area (Å²) in [5.74, 6) is 0.942. The topological polar surface area (TPSA) is 136 Å². The molecular weight excluding hydrogens is 550 g/mol. The number of hydrogen-bond donors (Lipinski definition) is 2. The lowest BCUT2D eigenvalue weighted by molar-refractivity contribution is -0.133. The molecule has 11 nitrogen and oxygen atoms in total. The lowest BCUT2D eigenvalue weighted by Gasteiger charge is -2.38. The van der Waals surface area contributed by atoms with Crippen LogP contribution in [0.5, 0.6) is 11.5 Å². The Balaban J connectivity index is 1.28. The second-order valence-corrected chi connectivity index (χ2v) is 10.7. The zero-order valence-electron chi connectivity index (χ0n) is 23.6. The summed E-state index contributed by atoms with van der Waals surface area (Å²) in [6, 6.07) is 17.7. The number of piperidine rings is 1. The zero-order valence-corrected chi connectivity index (χ0v) is 23.6. The van der Waals surface area contributed by atoms with Crippen LogP contribution >= 0.6 is 0 Å². The van der Waals surface area contributed by atoms with Gasteiger partial charge in [-0.15, -0.1) is 0 Å². The summed E-state index contributed by atoms with van der Waals surface area (Å²) in [5, 5.41) is 9.84. The van der Waals surface area contributed by atoms with Gasteiger partial charge in [-0.25, -0.2) is 0 Å². The van der Waals surface area contributed by atoms with Crippen molar-refractivity contribution < 1.29 is 28.4 Å². The summed E-state index contributed by atoms with van der Waals surface area (Å²) in [5.41, 5.74) is 3.47. The van der Waals surface area contributed by atoms with Crippen LogP contribution in [0.2, 0.25) is 0 Å². The highest BCUT2D eigenvalue weighted by molar-refractivity contribution is 5.95. The molecule has 2 atom stereocenters. The Kier molecular flexibility index (Phi) is 8.03. The average molecular weight is 582 g/mol. The van der Waals surface area contributed by atoms with Crippen molar-refractivity contribution >= 4 is 17.7 Å². The van der Waals surface area contributed by atoms with Crippen molar-refractivity contribution in [3.63, 3.8) is 0 Å². The first-order chi connectivity index (χ1) is 20.9. The van der Waals surface area contributed by atoms with Gasteiger partial charge in [0.1, 0.15) is 23.4 Å². The van der Waals surface area contributed by atoms with Crippen molar-refractivity contribution in [1.82, 2.24) is 25.7 Å². The molecule has 1 saturated heterocycles. The van der Waals surface area contributed by atoms with Crippen molar-refractivity contribution in [2.75, 3.05) is 19.7 Å². The standard InChI is InChI=1S/C32H31N5O6/c1-20-11-27(43-36-20)14-31(39)37-10-9-29-28(18-37)35-32(40)24-12-23(16-33-17-24)22-3-2-4-26(13-22)41-19-30(38)34-15-21-5-7-25(42-29)8-6-21/h2-8,11-13,16-17,28-29H,9-10,14-15,18-19H2,1H3,(H,34,38)(H,35,40)/t28-,29+/m1/s1. The largest absolute Gasteiger partial charge is 0.488 e. The third-order valence-electron chi connectivity index (χ3n) is 7.46. The van der Waals surface area contributed by atoms with E-state index in [1.165, 1.54) is 6.20 Å². The number of nitrogens with one attached hydrogen (secondary N) is 2. The van der Waals surface area contributed by atoms with E-state index in [2.05, 4.69) is 20.8 Å². The second-order valence-electron chi connectivity index (χ2n) is 10.7. The van der Waals surface area contributed by atoms with Gasteiger partial charge in [0.05, 0.1) is 23.7 Å². The summed E-state index contributed by atoms with van der Waals surface area (Å²) < 4.78 is 17.3. The zero-order chi connectivity index (χ0) is 29.8. The van der Waals surface area contributed by atoms with E-state index < -0.39 is 6.04 Å². The number of benzene rings is 2. The highest BCUT2D eigenvalue weighted by Crippen LogP contribution is 2.25. The molecule has 2 N–H and O–H groups in total. The molecule has 0 saturated carbocycles. The van der Waals surface area contributed by atoms with E-state index >= 15 is 0 Å². The SMILES string of the molecule is Cc1cc(CC(=O)N2CC[C@@H]3Oc4ccc(cc4)CNC(=O)COc4cccc(c4)-c4cncc(c4)C(=O)N[C@@H]3C2)on1. The Morgan fingerprint density at radius 2 is 1.84 bits per heavy atom. The fourth-order valence-corrected chi connectivity index (χ4v) is 5.20. The van der Waals surface area contributed by atoms with E-state index in [0.29, 0.717) is 53.6 Å². The van der Waals surface area contributed by atoms with Crippen molar-refractivity contribution in [1.29, 1.82) is 0 Å². The van der Waals surface area contributed by atoms with E-state index in [1.54, 1.807) is 42.3 Å². The Morgan fingerprint density at radius 1 is 1.00 bits per heavy atom. The normalized spacial score (nSPS) is 18.9. The van der Waals surface area contributed by atoms with Crippen LogP contribution in [0.15, 0.2) is 77.6 Å². The number of aryl methyl sites for hydroxylation is 1. The minimum absolute atomic E-state index is 0.0831. The number of nitrogens with zero attached hydrogens (tertiary/aromatic N) is 3. The van der Waals surface area contributed by atoms with E-state index in [-0.39, 0.29) is 43.4 Å². The van der Waals surface area contributed by atoms with Gasteiger partial charge < -0.3 is 29.5 Å². The second kappa shape index (κ2) is 12.4. The molecular formula is C32H31N5O6. The number of ether oxygens (including phenoxy) is 2. The molecule has 5 heterocycles. The maximum absolute atomic E-state index is 13.6. The lowest BCUT2D eigenvalue weighted by atomic mass is 10.00. The van der Waals surface area contributed by atoms with Gasteiger partial charge in [0.25, 0.3) is 11.8 Å². The monoisotopic (exact) mass is 581 g/mol. The van der Waals surface area contributed by atoms with Crippen molar-refractivity contribution in [3.05, 3.63) is 95.6 Å². The minimum Gasteiger partial charge on any atom is -0.488 e. The number of amides is 3. The lowest BCUT2D eigenvalue weighted by Crippen LogP contribution is -2.58. The van der Waals surface area contributed by atoms with Crippen LogP contribution in [0.1, 0.15) is 33.8 Å².